The van der Waals surface area contributed by atoms with Crippen molar-refractivity contribution < 1.29 is 0 Å². The van der Waals surface area contributed by atoms with Gasteiger partial charge in [-0.15, -0.1) is 0 Å². The topological polar surface area (TPSA) is 12.0 Å². The van der Waals surface area contributed by atoms with E-state index in [4.69, 9.17) is 0 Å². The zero-order valence-electron chi connectivity index (χ0n) is 7.55. The molecular formula is C11H17N. The molecule has 0 saturated heterocycles. The minimum absolute atomic E-state index is 0.658. The Morgan fingerprint density at radius 3 is 2.17 bits per heavy atom. The van der Waals surface area contributed by atoms with Crippen LogP contribution in [-0.4, -0.2) is 6.54 Å². The molecule has 0 spiro atoms. The smallest absolute Gasteiger partial charge is 0.0149 e. The lowest BCUT2D eigenvalue weighted by atomic mass is 9.74. The zero-order valence-corrected chi connectivity index (χ0v) is 7.55. The van der Waals surface area contributed by atoms with Crippen molar-refractivity contribution in [2.24, 2.45) is 17.3 Å². The second kappa shape index (κ2) is 2.27. The Labute approximate surface area is 74.2 Å². The minimum atomic E-state index is 0.658. The maximum atomic E-state index is 3.32. The van der Waals surface area contributed by atoms with Crippen molar-refractivity contribution in [1.82, 2.24) is 5.32 Å². The Hall–Kier alpha value is -0.460. The van der Waals surface area contributed by atoms with Gasteiger partial charge in [-0.2, -0.15) is 0 Å². The average Bonchev–Trinajstić information content (AvgIpc) is 2.98. The predicted molar refractivity (Wildman–Crippen MR) is 49.6 cm³/mol. The second-order valence-electron chi connectivity index (χ2n) is 4.70. The average molecular weight is 163 g/mol. The van der Waals surface area contributed by atoms with E-state index in [2.05, 4.69) is 17.6 Å². The molecule has 2 fully saturated rings. The summed E-state index contributed by atoms with van der Waals surface area (Å²) >= 11 is 0. The van der Waals surface area contributed by atoms with Crippen LogP contribution in [0.4, 0.5) is 0 Å². The van der Waals surface area contributed by atoms with Crippen LogP contribution in [0.5, 0.6) is 0 Å². The highest BCUT2D eigenvalue weighted by Gasteiger charge is 2.52. The molecule has 0 aromatic carbocycles. The van der Waals surface area contributed by atoms with Crippen molar-refractivity contribution in [1.29, 1.82) is 0 Å². The lowest BCUT2D eigenvalue weighted by Gasteiger charge is -2.34. The van der Waals surface area contributed by atoms with E-state index in [0.29, 0.717) is 5.41 Å². The molecule has 3 aliphatic rings. The Balaban J connectivity index is 1.88. The van der Waals surface area contributed by atoms with Gasteiger partial charge in [0.05, 0.1) is 0 Å². The lowest BCUT2D eigenvalue weighted by molar-refractivity contribution is 0.241. The number of rotatable bonds is 2. The van der Waals surface area contributed by atoms with Crippen LogP contribution < -0.4 is 5.32 Å². The van der Waals surface area contributed by atoms with Gasteiger partial charge in [0.1, 0.15) is 0 Å². The van der Waals surface area contributed by atoms with Gasteiger partial charge in [-0.3, -0.25) is 0 Å². The van der Waals surface area contributed by atoms with Crippen LogP contribution in [0.25, 0.3) is 0 Å². The normalized spacial score (nSPS) is 33.0. The van der Waals surface area contributed by atoms with E-state index < -0.39 is 0 Å². The van der Waals surface area contributed by atoms with E-state index in [9.17, 15) is 0 Å². The van der Waals surface area contributed by atoms with E-state index >= 15 is 0 Å². The third-order valence-electron chi connectivity index (χ3n) is 3.89. The summed E-state index contributed by atoms with van der Waals surface area (Å²) in [6.07, 6.45) is 12.1. The highest BCUT2D eigenvalue weighted by Crippen LogP contribution is 2.60. The molecule has 0 aromatic rings. The quantitative estimate of drug-likeness (QED) is 0.658. The van der Waals surface area contributed by atoms with Gasteiger partial charge < -0.3 is 5.32 Å². The highest BCUT2D eigenvalue weighted by molar-refractivity contribution is 5.15. The Morgan fingerprint density at radius 2 is 1.75 bits per heavy atom. The summed E-state index contributed by atoms with van der Waals surface area (Å²) < 4.78 is 0. The maximum Gasteiger partial charge on any atom is 0.0149 e. The molecular weight excluding hydrogens is 146 g/mol. The maximum absolute atomic E-state index is 3.32. The van der Waals surface area contributed by atoms with Gasteiger partial charge >= 0.3 is 0 Å². The van der Waals surface area contributed by atoms with Crippen LogP contribution in [0.3, 0.4) is 0 Å². The van der Waals surface area contributed by atoms with Gasteiger partial charge in [-0.25, -0.2) is 0 Å². The fourth-order valence-corrected chi connectivity index (χ4v) is 2.92. The minimum Gasteiger partial charge on any atom is -0.391 e. The fourth-order valence-electron chi connectivity index (χ4n) is 2.92. The Morgan fingerprint density at radius 1 is 1.08 bits per heavy atom. The molecule has 2 aliphatic carbocycles. The monoisotopic (exact) mass is 163 g/mol. The number of allylic oxidation sites excluding steroid dienone is 1. The molecule has 0 aromatic heterocycles. The first kappa shape index (κ1) is 6.99. The van der Waals surface area contributed by atoms with Gasteiger partial charge in [-0.1, -0.05) is 6.08 Å². The molecule has 3 rings (SSSR count). The van der Waals surface area contributed by atoms with Crippen molar-refractivity contribution in [3.63, 3.8) is 0 Å². The van der Waals surface area contributed by atoms with Crippen molar-refractivity contribution in [2.75, 3.05) is 6.54 Å². The number of nitrogens with one attached hydrogen (secondary N) is 1. The van der Waals surface area contributed by atoms with Crippen LogP contribution in [0.1, 0.15) is 32.1 Å². The van der Waals surface area contributed by atoms with Gasteiger partial charge in [0.25, 0.3) is 0 Å². The van der Waals surface area contributed by atoms with Crippen molar-refractivity contribution in [2.45, 2.75) is 32.1 Å². The standard InChI is InChI=1S/C11H17N/c1-2-9(1)11(10-3-4-10)5-7-12-8-6-11/h5,7,9-10,12H,1-4,6,8H2. The van der Waals surface area contributed by atoms with Crippen molar-refractivity contribution >= 4 is 0 Å². The molecule has 0 radical (unpaired) electrons. The van der Waals surface area contributed by atoms with Gasteiger partial charge in [0.15, 0.2) is 0 Å². The second-order valence-corrected chi connectivity index (χ2v) is 4.70. The SMILES string of the molecule is C1=CC(C2CC2)(C2CC2)CCN1. The van der Waals surface area contributed by atoms with Gasteiger partial charge in [0, 0.05) is 6.54 Å². The van der Waals surface area contributed by atoms with E-state index in [1.807, 2.05) is 0 Å². The van der Waals surface area contributed by atoms with Crippen LogP contribution in [-0.2, 0) is 0 Å². The summed E-state index contributed by atoms with van der Waals surface area (Å²) in [7, 11) is 0. The highest BCUT2D eigenvalue weighted by atomic mass is 14.9. The number of hydrogen-bond donors (Lipinski definition) is 1. The first-order valence-electron chi connectivity index (χ1n) is 5.33. The largest absolute Gasteiger partial charge is 0.391 e. The molecule has 0 unspecified atom stereocenters. The summed E-state index contributed by atoms with van der Waals surface area (Å²) in [5, 5.41) is 3.32. The fraction of sp³-hybridized carbons (Fsp3) is 0.818. The van der Waals surface area contributed by atoms with E-state index in [0.717, 1.165) is 11.8 Å². The molecule has 0 atom stereocenters. The first-order chi connectivity index (χ1) is 5.92. The van der Waals surface area contributed by atoms with E-state index in [-0.39, 0.29) is 0 Å². The molecule has 1 nitrogen and oxygen atoms in total. The Kier molecular flexibility index (Phi) is 1.32. The summed E-state index contributed by atoms with van der Waals surface area (Å²) in [4.78, 5) is 0. The van der Waals surface area contributed by atoms with Crippen LogP contribution in [0, 0.1) is 17.3 Å². The summed E-state index contributed by atoms with van der Waals surface area (Å²) in [6, 6.07) is 0. The van der Waals surface area contributed by atoms with Crippen LogP contribution >= 0.6 is 0 Å². The zero-order chi connectivity index (χ0) is 8.02. The molecule has 1 heterocycles. The third kappa shape index (κ3) is 0.917. The van der Waals surface area contributed by atoms with Crippen LogP contribution in [0.15, 0.2) is 12.3 Å². The molecule has 66 valence electrons. The predicted octanol–water partition coefficient (Wildman–Crippen LogP) is 2.30. The van der Waals surface area contributed by atoms with Crippen LogP contribution in [0.2, 0.25) is 0 Å². The molecule has 1 heteroatoms. The molecule has 12 heavy (non-hydrogen) atoms. The molecule has 0 bridgehead atoms. The Bertz CT molecular complexity index is 199. The van der Waals surface area contributed by atoms with E-state index in [1.54, 1.807) is 0 Å². The molecule has 1 aliphatic heterocycles. The third-order valence-corrected chi connectivity index (χ3v) is 3.89. The summed E-state index contributed by atoms with van der Waals surface area (Å²) in [6.45, 7) is 1.21. The molecule has 2 saturated carbocycles. The van der Waals surface area contributed by atoms with E-state index in [1.165, 1.54) is 38.6 Å². The van der Waals surface area contributed by atoms with Gasteiger partial charge in [-0.05, 0) is 55.6 Å². The molecule has 0 amide bonds. The van der Waals surface area contributed by atoms with Crippen molar-refractivity contribution in [3.05, 3.63) is 12.3 Å². The lowest BCUT2D eigenvalue weighted by Crippen LogP contribution is -2.32. The van der Waals surface area contributed by atoms with Gasteiger partial charge in [0.2, 0.25) is 0 Å². The summed E-state index contributed by atoms with van der Waals surface area (Å²) in [5.74, 6) is 2.12. The molecule has 1 N–H and O–H groups in total. The first-order valence-corrected chi connectivity index (χ1v) is 5.33. The number of hydrogen-bond acceptors (Lipinski definition) is 1. The summed E-state index contributed by atoms with van der Waals surface area (Å²) in [5.41, 5.74) is 0.658. The van der Waals surface area contributed by atoms with Crippen molar-refractivity contribution in [3.8, 4) is 0 Å².